The highest BCUT2D eigenvalue weighted by Gasteiger charge is 2.50. The predicted molar refractivity (Wildman–Crippen MR) is 61.9 cm³/mol. The second-order valence-corrected chi connectivity index (χ2v) is 5.91. The molecule has 2 heterocycles. The fourth-order valence-electron chi connectivity index (χ4n) is 2.70. The van der Waals surface area contributed by atoms with Gasteiger partial charge in [0.1, 0.15) is 0 Å². The molecular weight excluding hydrogens is 204 g/mol. The second kappa shape index (κ2) is 3.70. The van der Waals surface area contributed by atoms with E-state index in [-0.39, 0.29) is 17.5 Å². The number of rotatable bonds is 1. The highest BCUT2D eigenvalue weighted by molar-refractivity contribution is 5.84. The van der Waals surface area contributed by atoms with Gasteiger partial charge in [-0.05, 0) is 33.6 Å². The monoisotopic (exact) mass is 226 g/mol. The Kier molecular flexibility index (Phi) is 2.75. The molecule has 92 valence electrons. The van der Waals surface area contributed by atoms with Crippen molar-refractivity contribution < 1.29 is 9.53 Å². The predicted octanol–water partition coefficient (Wildman–Crippen LogP) is 0.751. The van der Waals surface area contributed by atoms with Crippen LogP contribution in [0.5, 0.6) is 0 Å². The molecule has 2 saturated heterocycles. The Morgan fingerprint density at radius 2 is 2.12 bits per heavy atom. The van der Waals surface area contributed by atoms with Gasteiger partial charge in [0.05, 0.1) is 18.6 Å². The van der Waals surface area contributed by atoms with Crippen molar-refractivity contribution in [1.82, 2.24) is 4.90 Å². The van der Waals surface area contributed by atoms with Gasteiger partial charge in [0.2, 0.25) is 5.91 Å². The van der Waals surface area contributed by atoms with Crippen molar-refractivity contribution in [1.29, 1.82) is 0 Å². The lowest BCUT2D eigenvalue weighted by Crippen LogP contribution is -2.55. The zero-order valence-electron chi connectivity index (χ0n) is 10.5. The van der Waals surface area contributed by atoms with Crippen LogP contribution in [0.25, 0.3) is 0 Å². The first-order chi connectivity index (χ1) is 7.38. The van der Waals surface area contributed by atoms with Crippen LogP contribution in [0.3, 0.4) is 0 Å². The van der Waals surface area contributed by atoms with Gasteiger partial charge < -0.3 is 15.4 Å². The number of ether oxygens (including phenoxy) is 1. The van der Waals surface area contributed by atoms with Crippen molar-refractivity contribution >= 4 is 5.91 Å². The molecule has 0 saturated carbocycles. The number of carbonyl (C=O) groups excluding carboxylic acids is 1. The Labute approximate surface area is 97.1 Å². The summed E-state index contributed by atoms with van der Waals surface area (Å²) in [5.74, 6) is 0.167. The van der Waals surface area contributed by atoms with E-state index in [1.54, 1.807) is 0 Å². The first kappa shape index (κ1) is 11.9. The molecule has 2 atom stereocenters. The van der Waals surface area contributed by atoms with Crippen molar-refractivity contribution in [2.75, 3.05) is 19.8 Å². The molecule has 4 heteroatoms. The Bertz CT molecular complexity index is 303. The summed E-state index contributed by atoms with van der Waals surface area (Å²) in [5, 5.41) is 0. The van der Waals surface area contributed by atoms with Crippen LogP contribution in [-0.4, -0.2) is 42.1 Å². The zero-order chi connectivity index (χ0) is 12.0. The van der Waals surface area contributed by atoms with Gasteiger partial charge in [-0.3, -0.25) is 4.79 Å². The third-order valence-corrected chi connectivity index (χ3v) is 4.15. The molecule has 1 amide bonds. The summed E-state index contributed by atoms with van der Waals surface area (Å²) in [7, 11) is 0. The molecule has 0 aliphatic carbocycles. The van der Waals surface area contributed by atoms with Crippen molar-refractivity contribution in [2.45, 2.75) is 45.2 Å². The summed E-state index contributed by atoms with van der Waals surface area (Å²) in [5.41, 5.74) is 5.45. The topological polar surface area (TPSA) is 55.6 Å². The minimum atomic E-state index is -0.526. The van der Waals surface area contributed by atoms with Crippen molar-refractivity contribution in [2.24, 2.45) is 11.1 Å². The maximum absolute atomic E-state index is 12.6. The van der Waals surface area contributed by atoms with E-state index < -0.39 is 5.41 Å². The van der Waals surface area contributed by atoms with E-state index >= 15 is 0 Å². The van der Waals surface area contributed by atoms with Crippen LogP contribution >= 0.6 is 0 Å². The minimum absolute atomic E-state index is 0.0254. The van der Waals surface area contributed by atoms with Crippen LogP contribution < -0.4 is 5.73 Å². The molecule has 0 spiro atoms. The number of nitrogens with two attached hydrogens (primary N) is 1. The zero-order valence-corrected chi connectivity index (χ0v) is 10.5. The van der Waals surface area contributed by atoms with E-state index in [0.29, 0.717) is 13.2 Å². The molecule has 2 N–H and O–H groups in total. The van der Waals surface area contributed by atoms with Gasteiger partial charge in [-0.1, -0.05) is 0 Å². The molecule has 0 radical (unpaired) electrons. The number of hydrogen-bond acceptors (Lipinski definition) is 3. The maximum atomic E-state index is 12.6. The molecule has 0 bridgehead atoms. The first-order valence-corrected chi connectivity index (χ1v) is 6.03. The first-order valence-electron chi connectivity index (χ1n) is 6.03. The second-order valence-electron chi connectivity index (χ2n) is 5.91. The Balaban J connectivity index is 2.19. The molecule has 0 aromatic rings. The number of carbonyl (C=O) groups is 1. The third-order valence-electron chi connectivity index (χ3n) is 4.15. The molecule has 2 fully saturated rings. The highest BCUT2D eigenvalue weighted by Crippen LogP contribution is 2.36. The highest BCUT2D eigenvalue weighted by atomic mass is 16.5. The summed E-state index contributed by atoms with van der Waals surface area (Å²) < 4.78 is 5.35. The maximum Gasteiger partial charge on any atom is 0.232 e. The molecule has 2 rings (SSSR count). The molecular formula is C12H22N2O2. The van der Waals surface area contributed by atoms with Gasteiger partial charge in [0.25, 0.3) is 0 Å². The van der Waals surface area contributed by atoms with Gasteiger partial charge in [-0.2, -0.15) is 0 Å². The SMILES string of the molecule is CC1(C(=O)N2CCCC2(C)C)COCC1N. The summed E-state index contributed by atoms with van der Waals surface area (Å²) in [6, 6.07) is -0.170. The Hall–Kier alpha value is -0.610. The van der Waals surface area contributed by atoms with Gasteiger partial charge in [-0.25, -0.2) is 0 Å². The molecule has 2 unspecified atom stereocenters. The van der Waals surface area contributed by atoms with Crippen LogP contribution in [0.1, 0.15) is 33.6 Å². The largest absolute Gasteiger partial charge is 0.379 e. The van der Waals surface area contributed by atoms with Crippen molar-refractivity contribution in [3.05, 3.63) is 0 Å². The van der Waals surface area contributed by atoms with Crippen LogP contribution in [0.4, 0.5) is 0 Å². The standard InChI is InChI=1S/C12H22N2O2/c1-11(2)5-4-6-14(11)10(15)12(3)8-16-7-9(12)13/h9H,4-8,13H2,1-3H3. The lowest BCUT2D eigenvalue weighted by atomic mass is 9.83. The lowest BCUT2D eigenvalue weighted by molar-refractivity contribution is -0.145. The van der Waals surface area contributed by atoms with E-state index in [1.165, 1.54) is 0 Å². The Morgan fingerprint density at radius 1 is 1.44 bits per heavy atom. The van der Waals surface area contributed by atoms with Gasteiger partial charge in [0, 0.05) is 18.1 Å². The molecule has 2 aliphatic rings. The van der Waals surface area contributed by atoms with E-state index in [9.17, 15) is 4.79 Å². The normalized spacial score (nSPS) is 38.0. The summed E-state index contributed by atoms with van der Waals surface area (Å²) in [4.78, 5) is 14.5. The number of likely N-dealkylation sites (tertiary alicyclic amines) is 1. The van der Waals surface area contributed by atoms with Crippen molar-refractivity contribution in [3.8, 4) is 0 Å². The quantitative estimate of drug-likeness (QED) is 0.718. The number of hydrogen-bond donors (Lipinski definition) is 1. The third kappa shape index (κ3) is 1.64. The summed E-state index contributed by atoms with van der Waals surface area (Å²) in [6.07, 6.45) is 2.16. The molecule has 2 aliphatic heterocycles. The minimum Gasteiger partial charge on any atom is -0.379 e. The lowest BCUT2D eigenvalue weighted by Gasteiger charge is -2.38. The van der Waals surface area contributed by atoms with Crippen LogP contribution in [0.15, 0.2) is 0 Å². The molecule has 0 aromatic carbocycles. The molecule has 0 aromatic heterocycles. The van der Waals surface area contributed by atoms with E-state index in [4.69, 9.17) is 10.5 Å². The van der Waals surface area contributed by atoms with Gasteiger partial charge in [0.15, 0.2) is 0 Å². The van der Waals surface area contributed by atoms with Crippen LogP contribution in [0, 0.1) is 5.41 Å². The van der Waals surface area contributed by atoms with E-state index in [0.717, 1.165) is 19.4 Å². The number of nitrogens with zero attached hydrogens (tertiary/aromatic N) is 1. The van der Waals surface area contributed by atoms with E-state index in [1.807, 2.05) is 11.8 Å². The Morgan fingerprint density at radius 3 is 2.56 bits per heavy atom. The average Bonchev–Trinajstić information content (AvgIpc) is 2.71. The van der Waals surface area contributed by atoms with Gasteiger partial charge in [-0.15, -0.1) is 0 Å². The average molecular weight is 226 g/mol. The molecule has 4 nitrogen and oxygen atoms in total. The number of amides is 1. The van der Waals surface area contributed by atoms with Crippen LogP contribution in [-0.2, 0) is 9.53 Å². The fourth-order valence-corrected chi connectivity index (χ4v) is 2.70. The van der Waals surface area contributed by atoms with Crippen LogP contribution in [0.2, 0.25) is 0 Å². The van der Waals surface area contributed by atoms with Crippen molar-refractivity contribution in [3.63, 3.8) is 0 Å². The summed E-state index contributed by atoms with van der Waals surface area (Å²) in [6.45, 7) is 8.00. The molecule has 16 heavy (non-hydrogen) atoms. The smallest absolute Gasteiger partial charge is 0.232 e. The van der Waals surface area contributed by atoms with E-state index in [2.05, 4.69) is 13.8 Å². The van der Waals surface area contributed by atoms with Gasteiger partial charge >= 0.3 is 0 Å². The fraction of sp³-hybridized carbons (Fsp3) is 0.917. The summed E-state index contributed by atoms with van der Waals surface area (Å²) >= 11 is 0.